The quantitative estimate of drug-likeness (QED) is 0.695. The first-order chi connectivity index (χ1) is 9.69. The van der Waals surface area contributed by atoms with Crippen molar-refractivity contribution in [1.29, 1.82) is 0 Å². The van der Waals surface area contributed by atoms with E-state index in [1.807, 2.05) is 0 Å². The summed E-state index contributed by atoms with van der Waals surface area (Å²) in [5.74, 6) is 0.440. The standard InChI is InChI=1S/C12H12N6O2/c1-8-6-17(16-15-8)10-5-14-18(12(10)20)11-3-2-9(7-19)4-13-11/h2-6,14,19H,7H2,1H3. The summed E-state index contributed by atoms with van der Waals surface area (Å²) < 4.78 is 2.71. The lowest BCUT2D eigenvalue weighted by Gasteiger charge is -2.01. The molecule has 0 aliphatic rings. The monoisotopic (exact) mass is 272 g/mol. The smallest absolute Gasteiger partial charge is 0.298 e. The average Bonchev–Trinajstić information content (AvgIpc) is 3.05. The molecule has 2 N–H and O–H groups in total. The van der Waals surface area contributed by atoms with Gasteiger partial charge in [0.25, 0.3) is 5.56 Å². The van der Waals surface area contributed by atoms with Crippen molar-refractivity contribution in [2.75, 3.05) is 0 Å². The molecule has 0 amide bonds. The number of pyridine rings is 1. The van der Waals surface area contributed by atoms with Crippen LogP contribution in [0.3, 0.4) is 0 Å². The summed E-state index contributed by atoms with van der Waals surface area (Å²) in [5, 5.41) is 19.5. The molecule has 0 aromatic carbocycles. The zero-order chi connectivity index (χ0) is 14.1. The normalized spacial score (nSPS) is 10.9. The van der Waals surface area contributed by atoms with Crippen LogP contribution < -0.4 is 5.56 Å². The fraction of sp³-hybridized carbons (Fsp3) is 0.167. The Morgan fingerprint density at radius 2 is 2.25 bits per heavy atom. The SMILES string of the molecule is Cc1cn(-c2c[nH]n(-c3ccc(CO)cn3)c2=O)nn1. The lowest BCUT2D eigenvalue weighted by atomic mass is 10.3. The third-order valence-corrected chi connectivity index (χ3v) is 2.83. The minimum absolute atomic E-state index is 0.0869. The second kappa shape index (κ2) is 4.74. The molecule has 20 heavy (non-hydrogen) atoms. The summed E-state index contributed by atoms with van der Waals surface area (Å²) in [4.78, 5) is 16.4. The van der Waals surface area contributed by atoms with Gasteiger partial charge in [0.2, 0.25) is 0 Å². The van der Waals surface area contributed by atoms with Gasteiger partial charge < -0.3 is 5.11 Å². The maximum atomic E-state index is 12.3. The van der Waals surface area contributed by atoms with Gasteiger partial charge in [-0.15, -0.1) is 5.10 Å². The molecular formula is C12H12N6O2. The van der Waals surface area contributed by atoms with Crippen LogP contribution in [-0.4, -0.2) is 34.9 Å². The van der Waals surface area contributed by atoms with E-state index < -0.39 is 0 Å². The van der Waals surface area contributed by atoms with E-state index in [9.17, 15) is 4.79 Å². The summed E-state index contributed by atoms with van der Waals surface area (Å²) in [5.41, 5.74) is 1.49. The highest BCUT2D eigenvalue weighted by Gasteiger charge is 2.11. The molecule has 0 aliphatic carbocycles. The van der Waals surface area contributed by atoms with Crippen molar-refractivity contribution >= 4 is 0 Å². The molecule has 8 nitrogen and oxygen atoms in total. The molecule has 3 aromatic rings. The minimum atomic E-state index is -0.279. The first-order valence-corrected chi connectivity index (χ1v) is 5.95. The molecule has 3 aromatic heterocycles. The van der Waals surface area contributed by atoms with Crippen LogP contribution in [-0.2, 0) is 6.61 Å². The van der Waals surface area contributed by atoms with E-state index >= 15 is 0 Å². The zero-order valence-electron chi connectivity index (χ0n) is 10.7. The van der Waals surface area contributed by atoms with Gasteiger partial charge in [-0.2, -0.15) is 4.68 Å². The summed E-state index contributed by atoms with van der Waals surface area (Å²) in [6.07, 6.45) is 4.72. The number of aromatic amines is 1. The van der Waals surface area contributed by atoms with Gasteiger partial charge in [0.15, 0.2) is 11.5 Å². The molecule has 0 radical (unpaired) electrons. The lowest BCUT2D eigenvalue weighted by Crippen LogP contribution is -2.19. The summed E-state index contributed by atoms with van der Waals surface area (Å²) in [7, 11) is 0. The Labute approximate surface area is 113 Å². The second-order valence-electron chi connectivity index (χ2n) is 4.29. The van der Waals surface area contributed by atoms with E-state index in [2.05, 4.69) is 20.4 Å². The van der Waals surface area contributed by atoms with Gasteiger partial charge in [0.1, 0.15) is 0 Å². The van der Waals surface area contributed by atoms with Gasteiger partial charge in [0, 0.05) is 6.20 Å². The highest BCUT2D eigenvalue weighted by Crippen LogP contribution is 2.05. The highest BCUT2D eigenvalue weighted by atomic mass is 16.3. The van der Waals surface area contributed by atoms with Crippen LogP contribution in [0.25, 0.3) is 11.5 Å². The number of hydrogen-bond acceptors (Lipinski definition) is 5. The molecule has 0 saturated carbocycles. The number of aryl methyl sites for hydroxylation is 1. The molecule has 8 heteroatoms. The molecule has 0 fully saturated rings. The number of H-pyrrole nitrogens is 1. The van der Waals surface area contributed by atoms with Crippen molar-refractivity contribution in [2.45, 2.75) is 13.5 Å². The van der Waals surface area contributed by atoms with Crippen molar-refractivity contribution in [3.05, 3.63) is 52.3 Å². The van der Waals surface area contributed by atoms with E-state index in [0.29, 0.717) is 17.1 Å². The Hall–Kier alpha value is -2.74. The number of hydrogen-bond donors (Lipinski definition) is 2. The van der Waals surface area contributed by atoms with E-state index in [4.69, 9.17) is 5.11 Å². The number of nitrogens with one attached hydrogen (secondary N) is 1. The van der Waals surface area contributed by atoms with Crippen molar-refractivity contribution in [1.82, 2.24) is 29.8 Å². The largest absolute Gasteiger partial charge is 0.392 e. The van der Waals surface area contributed by atoms with E-state index in [1.165, 1.54) is 21.8 Å². The molecule has 0 saturated heterocycles. The Morgan fingerprint density at radius 1 is 1.40 bits per heavy atom. The van der Waals surface area contributed by atoms with Crippen LogP contribution in [0.2, 0.25) is 0 Å². The first-order valence-electron chi connectivity index (χ1n) is 5.95. The van der Waals surface area contributed by atoms with Crippen LogP contribution in [0.4, 0.5) is 0 Å². The van der Waals surface area contributed by atoms with Crippen molar-refractivity contribution in [3.63, 3.8) is 0 Å². The van der Waals surface area contributed by atoms with E-state index in [0.717, 1.165) is 5.69 Å². The molecular weight excluding hydrogens is 260 g/mol. The zero-order valence-corrected chi connectivity index (χ0v) is 10.7. The van der Waals surface area contributed by atoms with Crippen LogP contribution in [0.15, 0.2) is 35.5 Å². The van der Waals surface area contributed by atoms with E-state index in [-0.39, 0.29) is 12.2 Å². The first kappa shape index (κ1) is 12.3. The third kappa shape index (κ3) is 2.01. The molecule has 0 bridgehead atoms. The summed E-state index contributed by atoms with van der Waals surface area (Å²) in [6.45, 7) is 1.71. The fourth-order valence-corrected chi connectivity index (χ4v) is 1.80. The number of aromatic nitrogens is 6. The number of aliphatic hydroxyl groups excluding tert-OH is 1. The highest BCUT2D eigenvalue weighted by molar-refractivity contribution is 5.31. The van der Waals surface area contributed by atoms with Crippen molar-refractivity contribution in [3.8, 4) is 11.5 Å². The van der Waals surface area contributed by atoms with Gasteiger partial charge >= 0.3 is 0 Å². The number of nitrogens with zero attached hydrogens (tertiary/aromatic N) is 5. The Kier molecular flexibility index (Phi) is 2.92. The minimum Gasteiger partial charge on any atom is -0.392 e. The van der Waals surface area contributed by atoms with Gasteiger partial charge in [-0.25, -0.2) is 9.67 Å². The molecule has 0 aliphatic heterocycles. The third-order valence-electron chi connectivity index (χ3n) is 2.83. The van der Waals surface area contributed by atoms with Gasteiger partial charge in [-0.1, -0.05) is 11.3 Å². The molecule has 0 spiro atoms. The van der Waals surface area contributed by atoms with Crippen molar-refractivity contribution < 1.29 is 5.11 Å². The summed E-state index contributed by atoms with van der Waals surface area (Å²) >= 11 is 0. The Bertz CT molecular complexity index is 783. The predicted octanol–water partition coefficient (Wildman–Crippen LogP) is -0.0580. The molecule has 102 valence electrons. The van der Waals surface area contributed by atoms with Crippen LogP contribution >= 0.6 is 0 Å². The molecule has 3 rings (SSSR count). The van der Waals surface area contributed by atoms with Crippen LogP contribution in [0.1, 0.15) is 11.3 Å². The molecule has 0 unspecified atom stereocenters. The van der Waals surface area contributed by atoms with E-state index in [1.54, 1.807) is 25.3 Å². The van der Waals surface area contributed by atoms with Crippen molar-refractivity contribution in [2.24, 2.45) is 0 Å². The average molecular weight is 272 g/mol. The maximum Gasteiger partial charge on any atom is 0.298 e. The number of aliphatic hydroxyl groups is 1. The fourth-order valence-electron chi connectivity index (χ4n) is 1.80. The Balaban J connectivity index is 2.03. The summed E-state index contributed by atoms with van der Waals surface area (Å²) in [6, 6.07) is 3.36. The lowest BCUT2D eigenvalue weighted by molar-refractivity contribution is 0.281. The van der Waals surface area contributed by atoms with Gasteiger partial charge in [0.05, 0.1) is 24.7 Å². The maximum absolute atomic E-state index is 12.3. The predicted molar refractivity (Wildman–Crippen MR) is 69.8 cm³/mol. The molecule has 0 atom stereocenters. The van der Waals surface area contributed by atoms with Gasteiger partial charge in [-0.3, -0.25) is 9.89 Å². The van der Waals surface area contributed by atoms with Crippen LogP contribution in [0.5, 0.6) is 0 Å². The molecule has 3 heterocycles. The Morgan fingerprint density at radius 3 is 2.85 bits per heavy atom. The van der Waals surface area contributed by atoms with Crippen LogP contribution in [0, 0.1) is 6.92 Å². The number of rotatable bonds is 3. The van der Waals surface area contributed by atoms with Gasteiger partial charge in [-0.05, 0) is 18.6 Å². The second-order valence-corrected chi connectivity index (χ2v) is 4.29. The topological polar surface area (TPSA) is 102 Å².